The third kappa shape index (κ3) is 3.47. The third-order valence-corrected chi connectivity index (χ3v) is 3.37. The molecular weight excluding hydrogens is 290 g/mol. The fourth-order valence-corrected chi connectivity index (χ4v) is 2.22. The summed E-state index contributed by atoms with van der Waals surface area (Å²) in [5, 5.41) is 10.2. The minimum absolute atomic E-state index is 0.0868. The molecule has 2 aromatic carbocycles. The summed E-state index contributed by atoms with van der Waals surface area (Å²) >= 11 is 5.87. The van der Waals surface area contributed by atoms with Crippen LogP contribution in [0.15, 0.2) is 42.5 Å². The van der Waals surface area contributed by atoms with Gasteiger partial charge in [0.05, 0.1) is 12.7 Å². The molecule has 0 saturated carbocycles. The molecular formula is C16H16ClNO3. The monoisotopic (exact) mass is 305 g/mol. The molecule has 0 radical (unpaired) electrons. The first-order valence-corrected chi connectivity index (χ1v) is 6.76. The van der Waals surface area contributed by atoms with Gasteiger partial charge in [0.1, 0.15) is 11.5 Å². The largest absolute Gasteiger partial charge is 0.507 e. The third-order valence-electron chi connectivity index (χ3n) is 3.14. The van der Waals surface area contributed by atoms with E-state index in [4.69, 9.17) is 16.3 Å². The first-order valence-electron chi connectivity index (χ1n) is 6.39. The normalized spacial score (nSPS) is 10.2. The number of aromatic hydroxyl groups is 1. The lowest BCUT2D eigenvalue weighted by Gasteiger charge is -2.19. The van der Waals surface area contributed by atoms with Crippen LogP contribution in [0.2, 0.25) is 5.02 Å². The van der Waals surface area contributed by atoms with Crippen molar-refractivity contribution in [2.75, 3.05) is 14.2 Å². The molecule has 2 aromatic rings. The maximum absolute atomic E-state index is 12.4. The molecule has 5 heteroatoms. The second-order valence-electron chi connectivity index (χ2n) is 4.63. The number of hydrogen-bond donors (Lipinski definition) is 1. The SMILES string of the molecule is COc1ccccc1CN(C)C(=O)c1cc(Cl)ccc1O. The first kappa shape index (κ1) is 15.2. The van der Waals surface area contributed by atoms with E-state index in [9.17, 15) is 9.90 Å². The fraction of sp³-hybridized carbons (Fsp3) is 0.188. The first-order chi connectivity index (χ1) is 10.0. The number of carbonyl (C=O) groups is 1. The molecule has 0 fully saturated rings. The number of phenols is 1. The van der Waals surface area contributed by atoms with Gasteiger partial charge in [-0.2, -0.15) is 0 Å². The molecule has 0 atom stereocenters. The van der Waals surface area contributed by atoms with Crippen molar-refractivity contribution in [3.05, 3.63) is 58.6 Å². The van der Waals surface area contributed by atoms with Crippen molar-refractivity contribution in [1.82, 2.24) is 4.90 Å². The molecule has 0 aromatic heterocycles. The van der Waals surface area contributed by atoms with Crippen molar-refractivity contribution in [2.24, 2.45) is 0 Å². The van der Waals surface area contributed by atoms with E-state index < -0.39 is 0 Å². The van der Waals surface area contributed by atoms with Gasteiger partial charge in [-0.15, -0.1) is 0 Å². The van der Waals surface area contributed by atoms with Crippen LogP contribution < -0.4 is 4.74 Å². The van der Waals surface area contributed by atoms with E-state index in [1.807, 2.05) is 24.3 Å². The van der Waals surface area contributed by atoms with Crippen molar-refractivity contribution < 1.29 is 14.6 Å². The highest BCUT2D eigenvalue weighted by Crippen LogP contribution is 2.24. The van der Waals surface area contributed by atoms with Crippen molar-refractivity contribution in [2.45, 2.75) is 6.54 Å². The zero-order valence-corrected chi connectivity index (χ0v) is 12.6. The lowest BCUT2D eigenvalue weighted by molar-refractivity contribution is 0.0781. The topological polar surface area (TPSA) is 49.8 Å². The van der Waals surface area contributed by atoms with Gasteiger partial charge in [-0.05, 0) is 24.3 Å². The van der Waals surface area contributed by atoms with Gasteiger partial charge in [-0.25, -0.2) is 0 Å². The summed E-state index contributed by atoms with van der Waals surface area (Å²) in [7, 11) is 3.25. The van der Waals surface area contributed by atoms with E-state index in [2.05, 4.69) is 0 Å². The highest BCUT2D eigenvalue weighted by Gasteiger charge is 2.17. The van der Waals surface area contributed by atoms with Crippen molar-refractivity contribution in [1.29, 1.82) is 0 Å². The summed E-state index contributed by atoms with van der Waals surface area (Å²) in [5.41, 5.74) is 1.07. The number of phenolic OH excluding ortho intramolecular Hbond substituents is 1. The second-order valence-corrected chi connectivity index (χ2v) is 5.07. The van der Waals surface area contributed by atoms with E-state index in [0.29, 0.717) is 17.3 Å². The summed E-state index contributed by atoms with van der Waals surface area (Å²) < 4.78 is 5.27. The highest BCUT2D eigenvalue weighted by molar-refractivity contribution is 6.31. The van der Waals surface area contributed by atoms with Crippen LogP contribution in [-0.2, 0) is 6.54 Å². The molecule has 21 heavy (non-hydrogen) atoms. The van der Waals surface area contributed by atoms with Gasteiger partial charge in [0, 0.05) is 24.2 Å². The van der Waals surface area contributed by atoms with Crippen molar-refractivity contribution >= 4 is 17.5 Å². The summed E-state index contributed by atoms with van der Waals surface area (Å²) in [6, 6.07) is 11.9. The molecule has 0 heterocycles. The Bertz CT molecular complexity index is 658. The Morgan fingerprint density at radius 2 is 2.00 bits per heavy atom. The lowest BCUT2D eigenvalue weighted by Crippen LogP contribution is -2.26. The number of para-hydroxylation sites is 1. The molecule has 110 valence electrons. The molecule has 0 bridgehead atoms. The van der Waals surface area contributed by atoms with Gasteiger partial charge in [0.2, 0.25) is 0 Å². The molecule has 0 aliphatic rings. The molecule has 1 N–H and O–H groups in total. The molecule has 0 aliphatic carbocycles. The zero-order valence-electron chi connectivity index (χ0n) is 11.8. The number of nitrogens with zero attached hydrogens (tertiary/aromatic N) is 1. The van der Waals surface area contributed by atoms with Crippen LogP contribution in [0.5, 0.6) is 11.5 Å². The number of ether oxygens (including phenoxy) is 1. The summed E-state index contributed by atoms with van der Waals surface area (Å²) in [6.07, 6.45) is 0. The molecule has 0 aliphatic heterocycles. The Balaban J connectivity index is 2.22. The van der Waals surface area contributed by atoms with Crippen LogP contribution in [0, 0.1) is 0 Å². The van der Waals surface area contributed by atoms with Gasteiger partial charge < -0.3 is 14.7 Å². The van der Waals surface area contributed by atoms with Gasteiger partial charge in [-0.1, -0.05) is 29.8 Å². The Morgan fingerprint density at radius 3 is 2.71 bits per heavy atom. The van der Waals surface area contributed by atoms with E-state index in [-0.39, 0.29) is 17.2 Å². The maximum Gasteiger partial charge on any atom is 0.257 e. The maximum atomic E-state index is 12.4. The van der Waals surface area contributed by atoms with E-state index in [1.165, 1.54) is 23.1 Å². The van der Waals surface area contributed by atoms with Gasteiger partial charge >= 0.3 is 0 Å². The lowest BCUT2D eigenvalue weighted by atomic mass is 10.1. The Kier molecular flexibility index (Phi) is 4.70. The number of hydrogen-bond acceptors (Lipinski definition) is 3. The summed E-state index contributed by atoms with van der Waals surface area (Å²) in [6.45, 7) is 0.370. The number of methoxy groups -OCH3 is 1. The van der Waals surface area contributed by atoms with Crippen LogP contribution in [0.25, 0.3) is 0 Å². The number of carbonyl (C=O) groups excluding carboxylic acids is 1. The van der Waals surface area contributed by atoms with Crippen molar-refractivity contribution in [3.8, 4) is 11.5 Å². The second kappa shape index (κ2) is 6.50. The summed E-state index contributed by atoms with van der Waals surface area (Å²) in [4.78, 5) is 13.9. The number of rotatable bonds is 4. The number of halogens is 1. The zero-order chi connectivity index (χ0) is 15.4. The minimum atomic E-state index is -0.305. The van der Waals surface area contributed by atoms with Crippen LogP contribution in [-0.4, -0.2) is 30.1 Å². The Hall–Kier alpha value is -2.20. The van der Waals surface area contributed by atoms with Crippen LogP contribution in [0.1, 0.15) is 15.9 Å². The van der Waals surface area contributed by atoms with Crippen molar-refractivity contribution in [3.63, 3.8) is 0 Å². The van der Waals surface area contributed by atoms with E-state index >= 15 is 0 Å². The standard InChI is InChI=1S/C16H16ClNO3/c1-18(10-11-5-3-4-6-15(11)21-2)16(20)13-9-12(17)7-8-14(13)19/h3-9,19H,10H2,1-2H3. The molecule has 1 amide bonds. The molecule has 0 unspecified atom stereocenters. The predicted molar refractivity (Wildman–Crippen MR) is 81.9 cm³/mol. The quantitative estimate of drug-likeness (QED) is 0.942. The molecule has 2 rings (SSSR count). The molecule has 0 spiro atoms. The number of amides is 1. The fourth-order valence-electron chi connectivity index (χ4n) is 2.05. The van der Waals surface area contributed by atoms with Crippen LogP contribution in [0.3, 0.4) is 0 Å². The average molecular weight is 306 g/mol. The van der Waals surface area contributed by atoms with Gasteiger partial charge in [-0.3, -0.25) is 4.79 Å². The summed E-state index contributed by atoms with van der Waals surface area (Å²) in [5.74, 6) is 0.324. The predicted octanol–water partition coefficient (Wildman–Crippen LogP) is 3.33. The molecule has 0 saturated heterocycles. The number of benzene rings is 2. The van der Waals surface area contributed by atoms with E-state index in [1.54, 1.807) is 14.2 Å². The van der Waals surface area contributed by atoms with Crippen LogP contribution in [0.4, 0.5) is 0 Å². The smallest absolute Gasteiger partial charge is 0.257 e. The molecule has 4 nitrogen and oxygen atoms in total. The Morgan fingerprint density at radius 1 is 1.29 bits per heavy atom. The Labute approximate surface area is 128 Å². The van der Waals surface area contributed by atoms with Gasteiger partial charge in [0.15, 0.2) is 0 Å². The van der Waals surface area contributed by atoms with Crippen LogP contribution >= 0.6 is 11.6 Å². The average Bonchev–Trinajstić information content (AvgIpc) is 2.49. The van der Waals surface area contributed by atoms with Gasteiger partial charge in [0.25, 0.3) is 5.91 Å². The highest BCUT2D eigenvalue weighted by atomic mass is 35.5. The van der Waals surface area contributed by atoms with E-state index in [0.717, 1.165) is 5.56 Å². The minimum Gasteiger partial charge on any atom is -0.507 e.